The second-order valence-electron chi connectivity index (χ2n) is 2.97. The van der Waals surface area contributed by atoms with Crippen LogP contribution in [0.4, 0.5) is 0 Å². The molecule has 1 heterocycles. The van der Waals surface area contributed by atoms with Crippen LogP contribution in [0.5, 0.6) is 0 Å². The monoisotopic (exact) mass is 151 g/mol. The van der Waals surface area contributed by atoms with Crippen LogP contribution in [0.1, 0.15) is 22.4 Å². The quantitative estimate of drug-likeness (QED) is 0.408. The summed E-state index contributed by atoms with van der Waals surface area (Å²) in [6, 6.07) is 0. The summed E-state index contributed by atoms with van der Waals surface area (Å²) in [5, 5.41) is 11.1. The van der Waals surface area contributed by atoms with Crippen LogP contribution in [0, 0.1) is 32.9 Å². The highest BCUT2D eigenvalue weighted by Gasteiger charge is 2.08. The molecule has 0 atom stereocenters. The van der Waals surface area contributed by atoms with Crippen LogP contribution in [0.25, 0.3) is 0 Å². The third-order valence-electron chi connectivity index (χ3n) is 2.34. The molecule has 0 unspecified atom stereocenters. The average molecular weight is 151 g/mol. The van der Waals surface area contributed by atoms with E-state index in [9.17, 15) is 5.21 Å². The number of hydrogen-bond acceptors (Lipinski definition) is 1. The van der Waals surface area contributed by atoms with Gasteiger partial charge in [0.15, 0.2) is 11.9 Å². The number of rotatable bonds is 0. The van der Waals surface area contributed by atoms with Crippen molar-refractivity contribution in [2.24, 2.45) is 0 Å². The molecule has 0 bridgehead atoms. The molecule has 2 heteroatoms. The van der Waals surface area contributed by atoms with E-state index in [-0.39, 0.29) is 0 Å². The Balaban J connectivity index is 3.46. The van der Waals surface area contributed by atoms with E-state index < -0.39 is 0 Å². The zero-order chi connectivity index (χ0) is 8.59. The molecule has 0 aromatic carbocycles. The van der Waals surface area contributed by atoms with E-state index in [2.05, 4.69) is 0 Å². The molecule has 0 aliphatic rings. The highest BCUT2D eigenvalue weighted by Crippen LogP contribution is 2.11. The highest BCUT2D eigenvalue weighted by atomic mass is 16.5. The highest BCUT2D eigenvalue weighted by molar-refractivity contribution is 5.30. The lowest BCUT2D eigenvalue weighted by Gasteiger charge is -2.07. The third-order valence-corrected chi connectivity index (χ3v) is 2.34. The van der Waals surface area contributed by atoms with Gasteiger partial charge < -0.3 is 5.21 Å². The van der Waals surface area contributed by atoms with Gasteiger partial charge in [0.1, 0.15) is 0 Å². The summed E-state index contributed by atoms with van der Waals surface area (Å²) in [4.78, 5) is 0. The van der Waals surface area contributed by atoms with Gasteiger partial charge in [-0.15, -0.1) is 0 Å². The summed E-state index contributed by atoms with van der Waals surface area (Å²) in [6.07, 6.45) is 1.62. The van der Waals surface area contributed by atoms with Crippen LogP contribution in [0.2, 0.25) is 0 Å². The average Bonchev–Trinajstić information content (AvgIpc) is 1.97. The SMILES string of the molecule is Cc1c[n+]([O-])c(C)c(C)c1C. The first-order chi connectivity index (χ1) is 5.04. The van der Waals surface area contributed by atoms with Crippen LogP contribution in [0.15, 0.2) is 6.20 Å². The third kappa shape index (κ3) is 1.20. The van der Waals surface area contributed by atoms with E-state index in [1.54, 1.807) is 6.20 Å². The summed E-state index contributed by atoms with van der Waals surface area (Å²) >= 11 is 0. The van der Waals surface area contributed by atoms with Crippen molar-refractivity contribution in [1.82, 2.24) is 0 Å². The molecule has 1 rings (SSSR count). The van der Waals surface area contributed by atoms with Gasteiger partial charge >= 0.3 is 0 Å². The van der Waals surface area contributed by atoms with Crippen LogP contribution in [-0.4, -0.2) is 0 Å². The van der Waals surface area contributed by atoms with Crippen molar-refractivity contribution in [3.05, 3.63) is 33.8 Å². The summed E-state index contributed by atoms with van der Waals surface area (Å²) in [6.45, 7) is 7.81. The van der Waals surface area contributed by atoms with Gasteiger partial charge in [0.05, 0.1) is 0 Å². The molecule has 0 spiro atoms. The molecule has 0 saturated carbocycles. The fraction of sp³-hybridized carbons (Fsp3) is 0.444. The molecule has 0 aliphatic carbocycles. The number of aromatic nitrogens is 1. The Hall–Kier alpha value is -1.05. The zero-order valence-electron chi connectivity index (χ0n) is 7.43. The minimum Gasteiger partial charge on any atom is -0.618 e. The Morgan fingerprint density at radius 3 is 2.18 bits per heavy atom. The van der Waals surface area contributed by atoms with Crippen LogP contribution < -0.4 is 4.73 Å². The van der Waals surface area contributed by atoms with Gasteiger partial charge in [-0.05, 0) is 26.3 Å². The lowest BCUT2D eigenvalue weighted by atomic mass is 10.1. The number of nitrogens with zero attached hydrogens (tertiary/aromatic N) is 1. The van der Waals surface area contributed by atoms with E-state index in [0.717, 1.165) is 21.6 Å². The number of pyridine rings is 1. The zero-order valence-corrected chi connectivity index (χ0v) is 7.43. The molecule has 1 aromatic rings. The second-order valence-corrected chi connectivity index (χ2v) is 2.97. The van der Waals surface area contributed by atoms with Crippen molar-refractivity contribution in [1.29, 1.82) is 0 Å². The number of aryl methyl sites for hydroxylation is 1. The van der Waals surface area contributed by atoms with E-state index in [1.807, 2.05) is 27.7 Å². The van der Waals surface area contributed by atoms with Gasteiger partial charge in [-0.3, -0.25) is 0 Å². The summed E-state index contributed by atoms with van der Waals surface area (Å²) < 4.78 is 0.928. The first kappa shape index (κ1) is 8.05. The smallest absolute Gasteiger partial charge is 0.192 e. The van der Waals surface area contributed by atoms with Gasteiger partial charge in [0, 0.05) is 18.1 Å². The van der Waals surface area contributed by atoms with Crippen LogP contribution >= 0.6 is 0 Å². The standard InChI is InChI=1S/C9H13NO/c1-6-5-10(11)9(4)8(3)7(6)2/h5H,1-4H3. The lowest BCUT2D eigenvalue weighted by molar-refractivity contribution is -0.613. The molecule has 0 radical (unpaired) electrons. The normalized spacial score (nSPS) is 10.2. The Morgan fingerprint density at radius 2 is 1.64 bits per heavy atom. The van der Waals surface area contributed by atoms with Gasteiger partial charge in [-0.1, -0.05) is 0 Å². The fourth-order valence-corrected chi connectivity index (χ4v) is 1.10. The molecule has 11 heavy (non-hydrogen) atoms. The molecular formula is C9H13NO. The van der Waals surface area contributed by atoms with E-state index in [0.29, 0.717) is 0 Å². The maximum absolute atomic E-state index is 11.1. The fourth-order valence-electron chi connectivity index (χ4n) is 1.10. The molecule has 2 nitrogen and oxygen atoms in total. The Labute approximate surface area is 67.1 Å². The second kappa shape index (κ2) is 2.53. The maximum atomic E-state index is 11.1. The van der Waals surface area contributed by atoms with E-state index in [4.69, 9.17) is 0 Å². The number of hydrogen-bond donors (Lipinski definition) is 0. The molecule has 0 saturated heterocycles. The Morgan fingerprint density at radius 1 is 1.09 bits per heavy atom. The van der Waals surface area contributed by atoms with Crippen molar-refractivity contribution in [2.45, 2.75) is 27.7 Å². The van der Waals surface area contributed by atoms with Crippen LogP contribution in [0.3, 0.4) is 0 Å². The van der Waals surface area contributed by atoms with Gasteiger partial charge in [0.25, 0.3) is 0 Å². The Kier molecular flexibility index (Phi) is 1.85. The van der Waals surface area contributed by atoms with E-state index in [1.165, 1.54) is 5.56 Å². The molecule has 1 aromatic heterocycles. The van der Waals surface area contributed by atoms with Crippen molar-refractivity contribution in [3.63, 3.8) is 0 Å². The topological polar surface area (TPSA) is 26.9 Å². The summed E-state index contributed by atoms with van der Waals surface area (Å²) in [5.74, 6) is 0. The van der Waals surface area contributed by atoms with Crippen molar-refractivity contribution >= 4 is 0 Å². The predicted octanol–water partition coefficient (Wildman–Crippen LogP) is 1.55. The maximum Gasteiger partial charge on any atom is 0.192 e. The molecule has 0 aliphatic heterocycles. The Bertz CT molecular complexity index is 266. The minimum absolute atomic E-state index is 0.799. The summed E-state index contributed by atoms with van der Waals surface area (Å²) in [5.41, 5.74) is 4.17. The lowest BCUT2D eigenvalue weighted by Crippen LogP contribution is -2.31. The van der Waals surface area contributed by atoms with Crippen molar-refractivity contribution < 1.29 is 4.73 Å². The predicted molar refractivity (Wildman–Crippen MR) is 44.4 cm³/mol. The first-order valence-electron chi connectivity index (χ1n) is 3.70. The molecule has 0 amide bonds. The largest absolute Gasteiger partial charge is 0.618 e. The van der Waals surface area contributed by atoms with Gasteiger partial charge in [-0.25, -0.2) is 0 Å². The van der Waals surface area contributed by atoms with Crippen molar-refractivity contribution in [3.8, 4) is 0 Å². The molecular weight excluding hydrogens is 138 g/mol. The molecule has 0 N–H and O–H groups in total. The van der Waals surface area contributed by atoms with E-state index >= 15 is 0 Å². The van der Waals surface area contributed by atoms with Crippen molar-refractivity contribution in [2.75, 3.05) is 0 Å². The minimum atomic E-state index is 0.799. The molecule has 60 valence electrons. The van der Waals surface area contributed by atoms with Gasteiger partial charge in [0.2, 0.25) is 0 Å². The van der Waals surface area contributed by atoms with Gasteiger partial charge in [-0.2, -0.15) is 4.73 Å². The molecule has 0 fully saturated rings. The van der Waals surface area contributed by atoms with Crippen LogP contribution in [-0.2, 0) is 0 Å². The first-order valence-corrected chi connectivity index (χ1v) is 3.70. The summed E-state index contributed by atoms with van der Waals surface area (Å²) in [7, 11) is 0.